The first kappa shape index (κ1) is 21.0. The normalized spacial score (nSPS) is 13.7. The highest BCUT2D eigenvalue weighted by Crippen LogP contribution is 2.25. The molecule has 1 fully saturated rings. The summed E-state index contributed by atoms with van der Waals surface area (Å²) in [5, 5.41) is 7.39. The highest BCUT2D eigenvalue weighted by atomic mass is 16.5. The second-order valence-corrected chi connectivity index (χ2v) is 6.65. The van der Waals surface area contributed by atoms with Gasteiger partial charge in [-0.3, -0.25) is 4.99 Å². The Morgan fingerprint density at radius 1 is 1.30 bits per heavy atom. The van der Waals surface area contributed by atoms with Gasteiger partial charge < -0.3 is 20.6 Å². The first-order chi connectivity index (χ1) is 14.6. The van der Waals surface area contributed by atoms with Crippen molar-refractivity contribution in [2.24, 2.45) is 21.6 Å². The number of hydrogen-bond acceptors (Lipinski definition) is 6. The van der Waals surface area contributed by atoms with Gasteiger partial charge in [0, 0.05) is 25.6 Å². The third-order valence-electron chi connectivity index (χ3n) is 4.27. The van der Waals surface area contributed by atoms with Gasteiger partial charge in [0.05, 0.1) is 5.69 Å². The van der Waals surface area contributed by atoms with Gasteiger partial charge in [0.2, 0.25) is 5.95 Å². The Balaban J connectivity index is 0.000000448. The number of ether oxygens (including phenoxy) is 1. The first-order valence-corrected chi connectivity index (χ1v) is 9.59. The van der Waals surface area contributed by atoms with Crippen LogP contribution in [0.4, 0.5) is 5.95 Å². The van der Waals surface area contributed by atoms with Crippen molar-refractivity contribution in [1.29, 1.82) is 0 Å². The average Bonchev–Trinajstić information content (AvgIpc) is 3.53. The summed E-state index contributed by atoms with van der Waals surface area (Å²) in [6.45, 7) is 0.204. The zero-order valence-electron chi connectivity index (χ0n) is 17.0. The molecule has 3 N–H and O–H groups in total. The molecule has 9 heteroatoms. The summed E-state index contributed by atoms with van der Waals surface area (Å²) in [5.41, 5.74) is 8.44. The van der Waals surface area contributed by atoms with E-state index in [1.165, 1.54) is 6.34 Å². The second kappa shape index (κ2) is 10.1. The Hall–Kier alpha value is -3.75. The third kappa shape index (κ3) is 5.63. The van der Waals surface area contributed by atoms with E-state index >= 15 is 0 Å². The summed E-state index contributed by atoms with van der Waals surface area (Å²) >= 11 is 0. The van der Waals surface area contributed by atoms with Gasteiger partial charge in [0.15, 0.2) is 5.65 Å². The SMILES string of the molecule is CN=CN=C(N)COc1ccc(-c2cccc3nc(NC)nn23)cc1.O=CC1CC1. The van der Waals surface area contributed by atoms with Crippen LogP contribution in [0.25, 0.3) is 16.9 Å². The van der Waals surface area contributed by atoms with Crippen molar-refractivity contribution in [3.63, 3.8) is 0 Å². The standard InChI is InChI=1S/C17H19N7O.C4H6O/c1-19-11-21-15(18)10-25-13-8-6-12(7-9-13)14-4-3-5-16-22-17(20-2)23-24(14)16;5-3-4-1-2-4/h3-9,11H,10H2,1-2H3,(H,20,23)(H2,18,19,21);3-4H,1-2H2. The van der Waals surface area contributed by atoms with Crippen molar-refractivity contribution in [2.75, 3.05) is 26.0 Å². The summed E-state index contributed by atoms with van der Waals surface area (Å²) in [6, 6.07) is 13.5. The van der Waals surface area contributed by atoms with Gasteiger partial charge in [-0.15, -0.1) is 5.10 Å². The summed E-state index contributed by atoms with van der Waals surface area (Å²) in [7, 11) is 3.42. The molecule has 156 valence electrons. The van der Waals surface area contributed by atoms with E-state index < -0.39 is 0 Å². The maximum Gasteiger partial charge on any atom is 0.242 e. The second-order valence-electron chi connectivity index (χ2n) is 6.65. The molecular weight excluding hydrogens is 382 g/mol. The van der Waals surface area contributed by atoms with Crippen LogP contribution >= 0.6 is 0 Å². The Bertz CT molecular complexity index is 1040. The summed E-state index contributed by atoms with van der Waals surface area (Å²) in [5.74, 6) is 2.10. The van der Waals surface area contributed by atoms with Gasteiger partial charge in [-0.05, 0) is 49.2 Å². The van der Waals surface area contributed by atoms with Crippen molar-refractivity contribution in [3.8, 4) is 17.0 Å². The molecule has 1 aliphatic carbocycles. The minimum Gasteiger partial charge on any atom is -0.486 e. The molecule has 0 atom stereocenters. The van der Waals surface area contributed by atoms with E-state index in [4.69, 9.17) is 10.5 Å². The number of aldehydes is 1. The quantitative estimate of drug-likeness (QED) is 0.353. The lowest BCUT2D eigenvalue weighted by Gasteiger charge is -2.07. The molecule has 0 saturated heterocycles. The van der Waals surface area contributed by atoms with Gasteiger partial charge in [0.1, 0.15) is 30.8 Å². The molecule has 1 saturated carbocycles. The molecule has 0 bridgehead atoms. The van der Waals surface area contributed by atoms with Crippen molar-refractivity contribution < 1.29 is 9.53 Å². The molecule has 1 aliphatic rings. The van der Waals surface area contributed by atoms with E-state index in [0.717, 1.165) is 36.0 Å². The molecule has 0 unspecified atom stereocenters. The van der Waals surface area contributed by atoms with Crippen LogP contribution in [0, 0.1) is 5.92 Å². The van der Waals surface area contributed by atoms with E-state index in [-0.39, 0.29) is 6.61 Å². The van der Waals surface area contributed by atoms with E-state index in [0.29, 0.717) is 23.5 Å². The number of fused-ring (bicyclic) bond motifs is 1. The van der Waals surface area contributed by atoms with Crippen LogP contribution in [0.1, 0.15) is 12.8 Å². The van der Waals surface area contributed by atoms with Crippen LogP contribution in [0.5, 0.6) is 5.75 Å². The molecule has 0 spiro atoms. The minimum absolute atomic E-state index is 0.204. The summed E-state index contributed by atoms with van der Waals surface area (Å²) in [4.78, 5) is 21.6. The molecule has 3 aromatic rings. The lowest BCUT2D eigenvalue weighted by atomic mass is 10.1. The number of carbonyl (C=O) groups is 1. The Kier molecular flexibility index (Phi) is 7.09. The van der Waals surface area contributed by atoms with E-state index in [9.17, 15) is 4.79 Å². The molecule has 2 aromatic heterocycles. The van der Waals surface area contributed by atoms with Crippen LogP contribution in [0.2, 0.25) is 0 Å². The smallest absolute Gasteiger partial charge is 0.242 e. The highest BCUT2D eigenvalue weighted by Gasteiger charge is 2.18. The Morgan fingerprint density at radius 2 is 2.07 bits per heavy atom. The molecular formula is C21H25N7O2. The largest absolute Gasteiger partial charge is 0.486 e. The van der Waals surface area contributed by atoms with Crippen molar-refractivity contribution in [2.45, 2.75) is 12.8 Å². The topological polar surface area (TPSA) is 119 Å². The maximum absolute atomic E-state index is 9.57. The van der Waals surface area contributed by atoms with E-state index in [2.05, 4.69) is 25.4 Å². The molecule has 30 heavy (non-hydrogen) atoms. The molecule has 1 aromatic carbocycles. The third-order valence-corrected chi connectivity index (χ3v) is 4.27. The fraction of sp³-hybridized carbons (Fsp3) is 0.286. The highest BCUT2D eigenvalue weighted by molar-refractivity contribution is 5.88. The first-order valence-electron chi connectivity index (χ1n) is 9.59. The molecule has 2 heterocycles. The number of carbonyl (C=O) groups excluding carboxylic acids is 1. The zero-order chi connectivity index (χ0) is 21.3. The number of nitrogens with zero attached hydrogens (tertiary/aromatic N) is 5. The molecule has 0 aliphatic heterocycles. The number of nitrogens with one attached hydrogen (secondary N) is 1. The molecule has 0 radical (unpaired) electrons. The fourth-order valence-electron chi connectivity index (χ4n) is 2.51. The number of hydrogen-bond donors (Lipinski definition) is 2. The number of benzene rings is 1. The number of aromatic nitrogens is 3. The predicted octanol–water partition coefficient (Wildman–Crippen LogP) is 2.43. The van der Waals surface area contributed by atoms with Gasteiger partial charge in [-0.2, -0.15) is 4.98 Å². The monoisotopic (exact) mass is 407 g/mol. The Labute approximate surface area is 174 Å². The van der Waals surface area contributed by atoms with E-state index in [1.54, 1.807) is 18.6 Å². The van der Waals surface area contributed by atoms with Crippen LogP contribution in [-0.4, -0.2) is 53.8 Å². The fourth-order valence-corrected chi connectivity index (χ4v) is 2.51. The lowest BCUT2D eigenvalue weighted by Crippen LogP contribution is -2.21. The van der Waals surface area contributed by atoms with Gasteiger partial charge in [-0.1, -0.05) is 6.07 Å². The molecule has 9 nitrogen and oxygen atoms in total. The predicted molar refractivity (Wildman–Crippen MR) is 118 cm³/mol. The van der Waals surface area contributed by atoms with Crippen LogP contribution in [0.15, 0.2) is 52.4 Å². The number of anilines is 1. The number of nitrogens with two attached hydrogens (primary N) is 1. The van der Waals surface area contributed by atoms with Crippen LogP contribution in [0.3, 0.4) is 0 Å². The number of pyridine rings is 1. The van der Waals surface area contributed by atoms with E-state index in [1.807, 2.05) is 42.5 Å². The number of rotatable bonds is 7. The molecule has 4 rings (SSSR count). The summed E-state index contributed by atoms with van der Waals surface area (Å²) < 4.78 is 7.40. The van der Waals surface area contributed by atoms with Gasteiger partial charge >= 0.3 is 0 Å². The lowest BCUT2D eigenvalue weighted by molar-refractivity contribution is -0.108. The van der Waals surface area contributed by atoms with Crippen molar-refractivity contribution >= 4 is 30.1 Å². The maximum atomic E-state index is 9.57. The van der Waals surface area contributed by atoms with Gasteiger partial charge in [-0.25, -0.2) is 9.51 Å². The van der Waals surface area contributed by atoms with Crippen molar-refractivity contribution in [3.05, 3.63) is 42.5 Å². The average molecular weight is 407 g/mol. The minimum atomic E-state index is 0.204. The van der Waals surface area contributed by atoms with Crippen LogP contribution < -0.4 is 15.8 Å². The van der Waals surface area contributed by atoms with Crippen LogP contribution in [-0.2, 0) is 4.79 Å². The summed E-state index contributed by atoms with van der Waals surface area (Å²) in [6.07, 6.45) is 4.70. The van der Waals surface area contributed by atoms with Crippen molar-refractivity contribution in [1.82, 2.24) is 14.6 Å². The molecule has 0 amide bonds. The number of amidine groups is 1. The van der Waals surface area contributed by atoms with Gasteiger partial charge in [0.25, 0.3) is 0 Å². The zero-order valence-corrected chi connectivity index (χ0v) is 17.0. The Morgan fingerprint density at radius 3 is 2.67 bits per heavy atom. The number of aliphatic imine (C=N–C) groups is 2.